The van der Waals surface area contributed by atoms with Crippen molar-refractivity contribution in [1.29, 1.82) is 0 Å². The lowest BCUT2D eigenvalue weighted by molar-refractivity contribution is 0.0255. The van der Waals surface area contributed by atoms with E-state index in [0.717, 1.165) is 37.6 Å². The van der Waals surface area contributed by atoms with Crippen LogP contribution in [0.2, 0.25) is 0 Å². The molecule has 4 heteroatoms. The molecule has 0 aromatic heterocycles. The zero-order valence-electron chi connectivity index (χ0n) is 11.0. The maximum atomic E-state index is 5.92. The van der Waals surface area contributed by atoms with E-state index >= 15 is 0 Å². The molecule has 1 heterocycles. The van der Waals surface area contributed by atoms with Gasteiger partial charge in [0.05, 0.1) is 19.3 Å². The predicted octanol–water partition coefficient (Wildman–Crippen LogP) is 2.61. The van der Waals surface area contributed by atoms with E-state index in [0.29, 0.717) is 5.69 Å². The Balaban J connectivity index is 2.04. The average Bonchev–Trinajstić information content (AvgIpc) is 2.28. The first-order valence-electron chi connectivity index (χ1n) is 6.45. The Hall–Kier alpha value is -1.42. The number of rotatable bonds is 4. The van der Waals surface area contributed by atoms with E-state index in [4.69, 9.17) is 19.9 Å². The molecule has 0 saturated carbocycles. The van der Waals surface area contributed by atoms with Gasteiger partial charge in [0, 0.05) is 36.7 Å². The highest BCUT2D eigenvalue weighted by atomic mass is 16.5. The molecule has 0 bridgehead atoms. The number of anilines is 1. The third-order valence-electron chi connectivity index (χ3n) is 2.75. The van der Waals surface area contributed by atoms with Crippen molar-refractivity contribution in [2.75, 3.05) is 18.9 Å². The molecule has 1 saturated heterocycles. The van der Waals surface area contributed by atoms with Gasteiger partial charge in [0.2, 0.25) is 0 Å². The molecule has 100 valence electrons. The van der Waals surface area contributed by atoms with Crippen molar-refractivity contribution in [2.45, 2.75) is 38.9 Å². The Morgan fingerprint density at radius 1 is 1.17 bits per heavy atom. The summed E-state index contributed by atoms with van der Waals surface area (Å²) in [7, 11) is 0. The zero-order chi connectivity index (χ0) is 13.0. The Morgan fingerprint density at radius 2 is 1.83 bits per heavy atom. The van der Waals surface area contributed by atoms with E-state index in [2.05, 4.69) is 0 Å². The molecule has 1 aromatic rings. The summed E-state index contributed by atoms with van der Waals surface area (Å²) in [5, 5.41) is 0. The minimum atomic E-state index is 0.128. The maximum Gasteiger partial charge on any atom is 0.125 e. The third-order valence-corrected chi connectivity index (χ3v) is 2.75. The third kappa shape index (κ3) is 3.81. The van der Waals surface area contributed by atoms with Gasteiger partial charge < -0.3 is 19.9 Å². The summed E-state index contributed by atoms with van der Waals surface area (Å²) in [4.78, 5) is 0. The van der Waals surface area contributed by atoms with Gasteiger partial charge >= 0.3 is 0 Å². The number of nitrogens with two attached hydrogens (primary N) is 1. The SMILES string of the molecule is CC(C)Oc1cc(N)cc(OC2CCOCC2)c1. The molecule has 4 nitrogen and oxygen atoms in total. The number of benzene rings is 1. The molecule has 0 aliphatic carbocycles. The maximum absolute atomic E-state index is 5.92. The van der Waals surface area contributed by atoms with Crippen molar-refractivity contribution in [3.05, 3.63) is 18.2 Å². The minimum absolute atomic E-state index is 0.128. The highest BCUT2D eigenvalue weighted by molar-refractivity contribution is 5.50. The molecule has 0 radical (unpaired) electrons. The fraction of sp³-hybridized carbons (Fsp3) is 0.571. The lowest BCUT2D eigenvalue weighted by atomic mass is 10.1. The fourth-order valence-electron chi connectivity index (χ4n) is 1.99. The van der Waals surface area contributed by atoms with Crippen molar-refractivity contribution in [1.82, 2.24) is 0 Å². The summed E-state index contributed by atoms with van der Waals surface area (Å²) in [5.41, 5.74) is 6.52. The molecule has 0 unspecified atom stereocenters. The lowest BCUT2D eigenvalue weighted by Crippen LogP contribution is -2.25. The molecule has 1 aromatic carbocycles. The molecule has 2 N–H and O–H groups in total. The van der Waals surface area contributed by atoms with Crippen molar-refractivity contribution < 1.29 is 14.2 Å². The fourth-order valence-corrected chi connectivity index (χ4v) is 1.99. The topological polar surface area (TPSA) is 53.7 Å². The van der Waals surface area contributed by atoms with E-state index in [1.165, 1.54) is 0 Å². The predicted molar refractivity (Wildman–Crippen MR) is 71.1 cm³/mol. The summed E-state index contributed by atoms with van der Waals surface area (Å²) < 4.78 is 16.9. The van der Waals surface area contributed by atoms with Crippen LogP contribution >= 0.6 is 0 Å². The van der Waals surface area contributed by atoms with Gasteiger partial charge in [-0.05, 0) is 13.8 Å². The first-order valence-corrected chi connectivity index (χ1v) is 6.45. The van der Waals surface area contributed by atoms with E-state index < -0.39 is 0 Å². The molecule has 0 spiro atoms. The highest BCUT2D eigenvalue weighted by Crippen LogP contribution is 2.27. The van der Waals surface area contributed by atoms with Gasteiger partial charge in [-0.1, -0.05) is 0 Å². The van der Waals surface area contributed by atoms with Gasteiger partial charge in [0.15, 0.2) is 0 Å². The van der Waals surface area contributed by atoms with Crippen LogP contribution in [0, 0.1) is 0 Å². The Morgan fingerprint density at radius 3 is 2.50 bits per heavy atom. The molecule has 1 fully saturated rings. The van der Waals surface area contributed by atoms with Gasteiger partial charge in [-0.2, -0.15) is 0 Å². The summed E-state index contributed by atoms with van der Waals surface area (Å²) in [6.45, 7) is 5.51. The van der Waals surface area contributed by atoms with Crippen molar-refractivity contribution in [3.8, 4) is 11.5 Å². The Bertz CT molecular complexity index is 387. The summed E-state index contributed by atoms with van der Waals surface area (Å²) >= 11 is 0. The van der Waals surface area contributed by atoms with Gasteiger partial charge in [-0.15, -0.1) is 0 Å². The van der Waals surface area contributed by atoms with Crippen LogP contribution < -0.4 is 15.2 Å². The highest BCUT2D eigenvalue weighted by Gasteiger charge is 2.15. The average molecular weight is 251 g/mol. The van der Waals surface area contributed by atoms with Crippen LogP contribution in [0.5, 0.6) is 11.5 Å². The monoisotopic (exact) mass is 251 g/mol. The zero-order valence-corrected chi connectivity index (χ0v) is 11.0. The second kappa shape index (κ2) is 5.96. The molecule has 0 amide bonds. The first-order chi connectivity index (χ1) is 8.63. The van der Waals surface area contributed by atoms with Crippen LogP contribution in [-0.4, -0.2) is 25.4 Å². The van der Waals surface area contributed by atoms with Crippen molar-refractivity contribution >= 4 is 5.69 Å². The number of ether oxygens (including phenoxy) is 3. The number of hydrogen-bond acceptors (Lipinski definition) is 4. The molecule has 0 atom stereocenters. The molecule has 2 rings (SSSR count). The van der Waals surface area contributed by atoms with E-state index in [9.17, 15) is 0 Å². The minimum Gasteiger partial charge on any atom is -0.491 e. The first kappa shape index (κ1) is 13.0. The molecule has 1 aliphatic rings. The van der Waals surface area contributed by atoms with Gasteiger partial charge in [0.25, 0.3) is 0 Å². The summed E-state index contributed by atoms with van der Waals surface area (Å²) in [5.74, 6) is 1.53. The van der Waals surface area contributed by atoms with E-state index in [-0.39, 0.29) is 12.2 Å². The second-order valence-corrected chi connectivity index (χ2v) is 4.83. The molecular formula is C14H21NO3. The van der Waals surface area contributed by atoms with Gasteiger partial charge in [0.1, 0.15) is 17.6 Å². The summed E-state index contributed by atoms with van der Waals surface area (Å²) in [6, 6.07) is 5.55. The smallest absolute Gasteiger partial charge is 0.125 e. The van der Waals surface area contributed by atoms with E-state index in [1.54, 1.807) is 0 Å². The van der Waals surface area contributed by atoms with Crippen LogP contribution in [0.1, 0.15) is 26.7 Å². The Kier molecular flexibility index (Phi) is 4.31. The Labute approximate surface area is 108 Å². The van der Waals surface area contributed by atoms with Crippen LogP contribution in [0.4, 0.5) is 5.69 Å². The number of nitrogen functional groups attached to an aromatic ring is 1. The molecule has 18 heavy (non-hydrogen) atoms. The summed E-state index contributed by atoms with van der Waals surface area (Å²) in [6.07, 6.45) is 2.19. The molecular weight excluding hydrogens is 230 g/mol. The quantitative estimate of drug-likeness (QED) is 0.836. The standard InChI is InChI=1S/C14H21NO3/c1-10(2)17-13-7-11(15)8-14(9-13)18-12-3-5-16-6-4-12/h7-10,12H,3-6,15H2,1-2H3. The van der Waals surface area contributed by atoms with Crippen LogP contribution in [0.25, 0.3) is 0 Å². The van der Waals surface area contributed by atoms with Gasteiger partial charge in [-0.3, -0.25) is 0 Å². The van der Waals surface area contributed by atoms with Crippen LogP contribution in [0.15, 0.2) is 18.2 Å². The van der Waals surface area contributed by atoms with Crippen molar-refractivity contribution in [2.24, 2.45) is 0 Å². The second-order valence-electron chi connectivity index (χ2n) is 4.83. The van der Waals surface area contributed by atoms with E-state index in [1.807, 2.05) is 32.0 Å². The van der Waals surface area contributed by atoms with Crippen molar-refractivity contribution in [3.63, 3.8) is 0 Å². The number of hydrogen-bond donors (Lipinski definition) is 1. The lowest BCUT2D eigenvalue weighted by Gasteiger charge is -2.23. The normalized spacial score (nSPS) is 16.8. The van der Waals surface area contributed by atoms with Gasteiger partial charge in [-0.25, -0.2) is 0 Å². The molecule has 1 aliphatic heterocycles. The largest absolute Gasteiger partial charge is 0.491 e. The van der Waals surface area contributed by atoms with Crippen LogP contribution in [-0.2, 0) is 4.74 Å². The van der Waals surface area contributed by atoms with Crippen LogP contribution in [0.3, 0.4) is 0 Å².